The van der Waals surface area contributed by atoms with Crippen LogP contribution in [-0.2, 0) is 4.87 Å². The van der Waals surface area contributed by atoms with Crippen molar-refractivity contribution in [2.24, 2.45) is 0 Å². The maximum atomic E-state index is 14.1. The molecule has 0 radical (unpaired) electrons. The zero-order chi connectivity index (χ0) is 22.6. The van der Waals surface area contributed by atoms with Crippen molar-refractivity contribution in [3.63, 3.8) is 0 Å². The molecule has 0 N–H and O–H groups in total. The second-order valence-corrected chi connectivity index (χ2v) is 9.01. The molecule has 0 saturated carbocycles. The Kier molecular flexibility index (Phi) is 4.46. The van der Waals surface area contributed by atoms with E-state index in [1.807, 2.05) is 84.9 Å². The molecule has 158 valence electrons. The zero-order valence-electron chi connectivity index (χ0n) is 17.7. The summed E-state index contributed by atoms with van der Waals surface area (Å²) < 4.78 is 0. The van der Waals surface area contributed by atoms with Gasteiger partial charge in [-0.3, -0.25) is 9.59 Å². The van der Waals surface area contributed by atoms with Crippen LogP contribution in [0.25, 0.3) is 0 Å². The average molecular weight is 447 g/mol. The SMILES string of the molecule is O=C(C1=C(C(=O)c2ccccc2)C2(Cl)c3ccccc3C1c1ccccc12)c1ccccc1. The number of Topliss-reactive ketones (excluding diaryl/α,β-unsaturated/α-hetero) is 2. The highest BCUT2D eigenvalue weighted by Gasteiger charge is 2.55. The molecular weight excluding hydrogens is 428 g/mol. The van der Waals surface area contributed by atoms with E-state index in [1.165, 1.54) is 0 Å². The Morgan fingerprint density at radius 3 is 1.52 bits per heavy atom. The molecule has 0 saturated heterocycles. The molecule has 0 unspecified atom stereocenters. The maximum Gasteiger partial charge on any atom is 0.191 e. The molecule has 0 amide bonds. The van der Waals surface area contributed by atoms with E-state index in [2.05, 4.69) is 0 Å². The van der Waals surface area contributed by atoms with Gasteiger partial charge in [-0.05, 0) is 22.3 Å². The van der Waals surface area contributed by atoms with Crippen LogP contribution in [0.2, 0.25) is 0 Å². The molecule has 3 heteroatoms. The van der Waals surface area contributed by atoms with E-state index in [-0.39, 0.29) is 17.5 Å². The summed E-state index contributed by atoms with van der Waals surface area (Å²) in [6.07, 6.45) is 0. The average Bonchev–Trinajstić information content (AvgIpc) is 2.89. The van der Waals surface area contributed by atoms with Gasteiger partial charge < -0.3 is 0 Å². The quantitative estimate of drug-likeness (QED) is 0.258. The highest BCUT2D eigenvalue weighted by molar-refractivity contribution is 6.36. The van der Waals surface area contributed by atoms with Crippen molar-refractivity contribution in [2.45, 2.75) is 10.8 Å². The Morgan fingerprint density at radius 1 is 0.576 bits per heavy atom. The molecule has 7 rings (SSSR count). The monoisotopic (exact) mass is 446 g/mol. The van der Waals surface area contributed by atoms with Gasteiger partial charge in [-0.1, -0.05) is 109 Å². The third-order valence-electron chi connectivity index (χ3n) is 6.73. The summed E-state index contributed by atoms with van der Waals surface area (Å²) in [5.41, 5.74) is 5.62. The first-order chi connectivity index (χ1) is 16.1. The molecule has 0 aromatic heterocycles. The van der Waals surface area contributed by atoms with Gasteiger partial charge in [-0.25, -0.2) is 0 Å². The molecular formula is C30H19ClO2. The Bertz CT molecular complexity index is 1400. The van der Waals surface area contributed by atoms with Gasteiger partial charge in [0.2, 0.25) is 0 Å². The number of carbonyl (C=O) groups excluding carboxylic acids is 2. The van der Waals surface area contributed by atoms with Crippen LogP contribution in [0.1, 0.15) is 48.9 Å². The van der Waals surface area contributed by atoms with Crippen LogP contribution in [0.4, 0.5) is 0 Å². The summed E-state index contributed by atoms with van der Waals surface area (Å²) in [5.74, 6) is -0.721. The number of ketones is 2. The summed E-state index contributed by atoms with van der Waals surface area (Å²) in [6.45, 7) is 0. The third kappa shape index (κ3) is 2.74. The molecule has 0 atom stereocenters. The topological polar surface area (TPSA) is 34.1 Å². The fourth-order valence-electron chi connectivity index (χ4n) is 5.35. The number of allylic oxidation sites excluding steroid dienone is 2. The number of rotatable bonds is 4. The Labute approximate surface area is 197 Å². The van der Waals surface area contributed by atoms with Crippen LogP contribution < -0.4 is 0 Å². The van der Waals surface area contributed by atoms with Crippen molar-refractivity contribution in [1.82, 2.24) is 0 Å². The van der Waals surface area contributed by atoms with Crippen LogP contribution in [0.3, 0.4) is 0 Å². The summed E-state index contributed by atoms with van der Waals surface area (Å²) >= 11 is 7.56. The second kappa shape index (κ2) is 7.40. The molecule has 2 nitrogen and oxygen atoms in total. The molecule has 0 spiro atoms. The van der Waals surface area contributed by atoms with E-state index in [0.717, 1.165) is 22.3 Å². The van der Waals surface area contributed by atoms with Crippen LogP contribution in [-0.4, -0.2) is 11.6 Å². The van der Waals surface area contributed by atoms with Crippen LogP contribution in [0.15, 0.2) is 120 Å². The van der Waals surface area contributed by atoms with Gasteiger partial charge in [-0.2, -0.15) is 0 Å². The predicted molar refractivity (Wildman–Crippen MR) is 130 cm³/mol. The van der Waals surface area contributed by atoms with Crippen molar-refractivity contribution in [3.8, 4) is 0 Å². The van der Waals surface area contributed by atoms with Crippen molar-refractivity contribution in [1.29, 1.82) is 0 Å². The van der Waals surface area contributed by atoms with Crippen LogP contribution >= 0.6 is 11.6 Å². The van der Waals surface area contributed by atoms with Crippen molar-refractivity contribution in [2.75, 3.05) is 0 Å². The minimum atomic E-state index is -1.24. The number of halogens is 1. The van der Waals surface area contributed by atoms with Gasteiger partial charge in [0.25, 0.3) is 0 Å². The molecule has 4 aromatic carbocycles. The number of alkyl halides is 1. The summed E-state index contributed by atoms with van der Waals surface area (Å²) in [6, 6.07) is 34.0. The van der Waals surface area contributed by atoms with E-state index in [0.29, 0.717) is 22.3 Å². The van der Waals surface area contributed by atoms with E-state index in [1.54, 1.807) is 24.3 Å². The van der Waals surface area contributed by atoms with Crippen LogP contribution in [0, 0.1) is 0 Å². The standard InChI is InChI=1S/C30H19ClO2/c31-30-23-17-9-7-15-21(23)25(22-16-8-10-18-24(22)30)26(28(32)19-11-3-1-4-12-19)27(30)29(33)20-13-5-2-6-14-20/h1-18,25H. The molecule has 4 aromatic rings. The minimum Gasteiger partial charge on any atom is -0.289 e. The lowest BCUT2D eigenvalue weighted by atomic mass is 9.58. The highest BCUT2D eigenvalue weighted by atomic mass is 35.5. The number of hydrogen-bond acceptors (Lipinski definition) is 2. The smallest absolute Gasteiger partial charge is 0.191 e. The molecule has 3 aliphatic carbocycles. The van der Waals surface area contributed by atoms with Gasteiger partial charge in [0.1, 0.15) is 4.87 Å². The van der Waals surface area contributed by atoms with Gasteiger partial charge in [0.15, 0.2) is 11.6 Å². The normalized spacial score (nSPS) is 20.2. The number of hydrogen-bond donors (Lipinski definition) is 0. The fraction of sp³-hybridized carbons (Fsp3) is 0.0667. The maximum absolute atomic E-state index is 14.1. The van der Waals surface area contributed by atoms with Gasteiger partial charge in [0, 0.05) is 28.2 Å². The summed E-state index contributed by atoms with van der Waals surface area (Å²) in [7, 11) is 0. The molecule has 3 aliphatic rings. The molecule has 2 bridgehead atoms. The van der Waals surface area contributed by atoms with Crippen molar-refractivity contribution in [3.05, 3.63) is 154 Å². The molecule has 0 aliphatic heterocycles. The van der Waals surface area contributed by atoms with Crippen molar-refractivity contribution >= 4 is 23.2 Å². The third-order valence-corrected chi connectivity index (χ3v) is 7.33. The van der Waals surface area contributed by atoms with E-state index in [4.69, 9.17) is 11.6 Å². The minimum absolute atomic E-state index is 0.158. The largest absolute Gasteiger partial charge is 0.289 e. The Balaban J connectivity index is 1.72. The fourth-order valence-corrected chi connectivity index (χ4v) is 5.88. The van der Waals surface area contributed by atoms with Crippen LogP contribution in [0.5, 0.6) is 0 Å². The Morgan fingerprint density at radius 2 is 1.00 bits per heavy atom. The van der Waals surface area contributed by atoms with E-state index in [9.17, 15) is 9.59 Å². The highest BCUT2D eigenvalue weighted by Crippen LogP contribution is 2.61. The first kappa shape index (κ1) is 19.9. The number of carbonyl (C=O) groups is 2. The van der Waals surface area contributed by atoms with Gasteiger partial charge in [-0.15, -0.1) is 11.6 Å². The lowest BCUT2D eigenvalue weighted by Crippen LogP contribution is -2.43. The lowest BCUT2D eigenvalue weighted by Gasteiger charge is -2.47. The first-order valence-corrected chi connectivity index (χ1v) is 11.3. The summed E-state index contributed by atoms with van der Waals surface area (Å²) in [4.78, 5) is 26.9. The first-order valence-electron chi connectivity index (χ1n) is 10.9. The Hall–Kier alpha value is -3.75. The molecule has 0 heterocycles. The van der Waals surface area contributed by atoms with E-state index >= 15 is 0 Å². The van der Waals surface area contributed by atoms with Gasteiger partial charge in [0.05, 0.1) is 0 Å². The molecule has 33 heavy (non-hydrogen) atoms. The van der Waals surface area contributed by atoms with Gasteiger partial charge >= 0.3 is 0 Å². The van der Waals surface area contributed by atoms with Crippen molar-refractivity contribution < 1.29 is 9.59 Å². The lowest BCUT2D eigenvalue weighted by molar-refractivity contribution is 0.0985. The predicted octanol–water partition coefficient (Wildman–Crippen LogP) is 6.69. The van der Waals surface area contributed by atoms with E-state index < -0.39 is 4.87 Å². The zero-order valence-corrected chi connectivity index (χ0v) is 18.4. The number of benzene rings is 4. The second-order valence-electron chi connectivity index (χ2n) is 8.44. The molecule has 0 fully saturated rings. The summed E-state index contributed by atoms with van der Waals surface area (Å²) in [5, 5.41) is 0.